The van der Waals surface area contributed by atoms with Crippen LogP contribution in [-0.2, 0) is 4.74 Å². The van der Waals surface area contributed by atoms with Gasteiger partial charge in [0.05, 0.1) is 13.2 Å². The standard InChI is InChI=1S/C8H5F3N2O6/c1-18-7(15)3-2-4(13(16)17)12-6(5(3)14)19-8(9,10)11/h2,14H,1H3. The summed E-state index contributed by atoms with van der Waals surface area (Å²) >= 11 is 0. The van der Waals surface area contributed by atoms with Crippen molar-refractivity contribution in [2.75, 3.05) is 7.11 Å². The molecule has 1 heterocycles. The minimum Gasteiger partial charge on any atom is -0.501 e. The van der Waals surface area contributed by atoms with Crippen LogP contribution in [0.15, 0.2) is 6.07 Å². The number of nitrogens with zero attached hydrogens (tertiary/aromatic N) is 2. The average molecular weight is 282 g/mol. The lowest BCUT2D eigenvalue weighted by Crippen LogP contribution is -2.19. The molecule has 0 atom stereocenters. The molecule has 0 aromatic carbocycles. The van der Waals surface area contributed by atoms with Crippen molar-refractivity contribution in [1.29, 1.82) is 0 Å². The maximum atomic E-state index is 12.0. The Morgan fingerprint density at radius 3 is 2.53 bits per heavy atom. The molecule has 0 saturated carbocycles. The summed E-state index contributed by atoms with van der Waals surface area (Å²) in [6.07, 6.45) is -5.24. The molecule has 8 nitrogen and oxygen atoms in total. The number of carbonyl (C=O) groups excluding carboxylic acids is 1. The number of methoxy groups -OCH3 is 1. The Balaban J connectivity index is 3.41. The van der Waals surface area contributed by atoms with Crippen molar-refractivity contribution in [2.24, 2.45) is 0 Å². The number of aromatic hydroxyl groups is 1. The summed E-state index contributed by atoms with van der Waals surface area (Å²) < 4.78 is 43.5. The molecule has 0 unspecified atom stereocenters. The number of pyridine rings is 1. The van der Waals surface area contributed by atoms with Crippen LogP contribution >= 0.6 is 0 Å². The number of esters is 1. The van der Waals surface area contributed by atoms with Gasteiger partial charge in [-0.2, -0.15) is 0 Å². The lowest BCUT2D eigenvalue weighted by molar-refractivity contribution is -0.390. The van der Waals surface area contributed by atoms with E-state index in [4.69, 9.17) is 0 Å². The van der Waals surface area contributed by atoms with Crippen LogP contribution in [0.3, 0.4) is 0 Å². The van der Waals surface area contributed by atoms with Gasteiger partial charge in [-0.25, -0.2) is 4.79 Å². The fourth-order valence-electron chi connectivity index (χ4n) is 1.04. The van der Waals surface area contributed by atoms with Gasteiger partial charge in [-0.05, 0) is 4.92 Å². The number of carbonyl (C=O) groups is 1. The number of alkyl halides is 3. The van der Waals surface area contributed by atoms with Crippen LogP contribution in [0, 0.1) is 10.1 Å². The van der Waals surface area contributed by atoms with E-state index in [9.17, 15) is 33.2 Å². The quantitative estimate of drug-likeness (QED) is 0.506. The van der Waals surface area contributed by atoms with Crippen LogP contribution in [0.4, 0.5) is 19.0 Å². The summed E-state index contributed by atoms with van der Waals surface area (Å²) in [5.74, 6) is -5.22. The van der Waals surface area contributed by atoms with Gasteiger partial charge in [0.1, 0.15) is 5.56 Å². The van der Waals surface area contributed by atoms with Gasteiger partial charge in [0.15, 0.2) is 0 Å². The van der Waals surface area contributed by atoms with Gasteiger partial charge >= 0.3 is 24.0 Å². The van der Waals surface area contributed by atoms with Gasteiger partial charge in [0, 0.05) is 4.98 Å². The van der Waals surface area contributed by atoms with Crippen molar-refractivity contribution in [3.63, 3.8) is 0 Å². The molecule has 0 fully saturated rings. The summed E-state index contributed by atoms with van der Waals surface area (Å²) in [5.41, 5.74) is -0.872. The Bertz CT molecular complexity index is 530. The number of hydrogen-bond donors (Lipinski definition) is 1. The molecule has 1 N–H and O–H groups in total. The zero-order valence-electron chi connectivity index (χ0n) is 9.09. The maximum Gasteiger partial charge on any atom is 0.575 e. The first-order valence-corrected chi connectivity index (χ1v) is 4.38. The monoisotopic (exact) mass is 282 g/mol. The highest BCUT2D eigenvalue weighted by Gasteiger charge is 2.37. The topological polar surface area (TPSA) is 112 Å². The molecule has 0 radical (unpaired) electrons. The molecular formula is C8H5F3N2O6. The summed E-state index contributed by atoms with van der Waals surface area (Å²) in [7, 11) is 0.873. The first-order chi connectivity index (χ1) is 8.65. The van der Waals surface area contributed by atoms with Crippen molar-refractivity contribution in [2.45, 2.75) is 6.36 Å². The molecular weight excluding hydrogens is 277 g/mol. The molecule has 0 aliphatic carbocycles. The van der Waals surface area contributed by atoms with Crippen LogP contribution < -0.4 is 4.74 Å². The number of hydrogen-bond acceptors (Lipinski definition) is 7. The number of ether oxygens (including phenoxy) is 2. The number of nitro groups is 1. The molecule has 11 heteroatoms. The van der Waals surface area contributed by atoms with Crippen LogP contribution in [0.5, 0.6) is 11.6 Å². The molecule has 104 valence electrons. The van der Waals surface area contributed by atoms with E-state index >= 15 is 0 Å². The smallest absolute Gasteiger partial charge is 0.501 e. The second-order valence-electron chi connectivity index (χ2n) is 2.98. The van der Waals surface area contributed by atoms with E-state index in [1.54, 1.807) is 0 Å². The number of rotatable bonds is 3. The van der Waals surface area contributed by atoms with Gasteiger partial charge in [-0.1, -0.05) is 0 Å². The minimum absolute atomic E-state index is 0.463. The number of halogens is 3. The van der Waals surface area contributed by atoms with Crippen molar-refractivity contribution < 1.29 is 37.5 Å². The van der Waals surface area contributed by atoms with Gasteiger partial charge in [-0.15, -0.1) is 13.2 Å². The SMILES string of the molecule is COC(=O)c1cc([N+](=O)[O-])nc(OC(F)(F)F)c1O. The zero-order chi connectivity index (χ0) is 14.8. The third-order valence-electron chi connectivity index (χ3n) is 1.75. The molecule has 19 heavy (non-hydrogen) atoms. The van der Waals surface area contributed by atoms with Gasteiger partial charge in [-0.3, -0.25) is 0 Å². The van der Waals surface area contributed by atoms with Gasteiger partial charge in [0.2, 0.25) is 5.75 Å². The van der Waals surface area contributed by atoms with Crippen molar-refractivity contribution in [1.82, 2.24) is 4.98 Å². The molecule has 0 spiro atoms. The van der Waals surface area contributed by atoms with E-state index in [1.165, 1.54) is 0 Å². The lowest BCUT2D eigenvalue weighted by Gasteiger charge is -2.08. The van der Waals surface area contributed by atoms with Crippen LogP contribution in [-0.4, -0.2) is 34.5 Å². The van der Waals surface area contributed by atoms with E-state index in [-0.39, 0.29) is 0 Å². The van der Waals surface area contributed by atoms with Crippen LogP contribution in [0.25, 0.3) is 0 Å². The second kappa shape index (κ2) is 4.96. The molecule has 1 rings (SSSR count). The predicted octanol–water partition coefficient (Wildman–Crippen LogP) is 1.38. The Morgan fingerprint density at radius 2 is 2.11 bits per heavy atom. The summed E-state index contributed by atoms with van der Waals surface area (Å²) in [4.78, 5) is 23.3. The highest BCUT2D eigenvalue weighted by Crippen LogP contribution is 2.35. The van der Waals surface area contributed by atoms with E-state index in [0.29, 0.717) is 6.07 Å². The Kier molecular flexibility index (Phi) is 3.77. The highest BCUT2D eigenvalue weighted by molar-refractivity contribution is 5.93. The molecule has 1 aromatic rings. The fourth-order valence-corrected chi connectivity index (χ4v) is 1.04. The summed E-state index contributed by atoms with van der Waals surface area (Å²) in [5, 5.41) is 19.8. The lowest BCUT2D eigenvalue weighted by atomic mass is 10.2. The third-order valence-corrected chi connectivity index (χ3v) is 1.75. The zero-order valence-corrected chi connectivity index (χ0v) is 9.09. The summed E-state index contributed by atoms with van der Waals surface area (Å²) in [6, 6.07) is 0.463. The first kappa shape index (κ1) is 14.5. The maximum absolute atomic E-state index is 12.0. The second-order valence-corrected chi connectivity index (χ2v) is 2.98. The van der Waals surface area contributed by atoms with Crippen molar-refractivity contribution in [3.05, 3.63) is 21.7 Å². The molecule has 1 aromatic heterocycles. The predicted molar refractivity (Wildman–Crippen MR) is 50.6 cm³/mol. The van der Waals surface area contributed by atoms with E-state index in [2.05, 4.69) is 14.5 Å². The number of aromatic nitrogens is 1. The summed E-state index contributed by atoms with van der Waals surface area (Å²) in [6.45, 7) is 0. The van der Waals surface area contributed by atoms with E-state index < -0.39 is 40.3 Å². The van der Waals surface area contributed by atoms with Crippen molar-refractivity contribution >= 4 is 11.8 Å². The molecule has 0 amide bonds. The van der Waals surface area contributed by atoms with Crippen LogP contribution in [0.2, 0.25) is 0 Å². The molecule has 0 bridgehead atoms. The fraction of sp³-hybridized carbons (Fsp3) is 0.250. The Hall–Kier alpha value is -2.59. The normalized spacial score (nSPS) is 10.9. The van der Waals surface area contributed by atoms with Crippen LogP contribution in [0.1, 0.15) is 10.4 Å². The largest absolute Gasteiger partial charge is 0.575 e. The van der Waals surface area contributed by atoms with Gasteiger partial charge in [0.25, 0.3) is 0 Å². The Labute approximate surface area is 102 Å². The molecule has 0 aliphatic heterocycles. The van der Waals surface area contributed by atoms with E-state index in [0.717, 1.165) is 7.11 Å². The Morgan fingerprint density at radius 1 is 1.53 bits per heavy atom. The highest BCUT2D eigenvalue weighted by atomic mass is 19.4. The third kappa shape index (κ3) is 3.43. The average Bonchev–Trinajstić information content (AvgIpc) is 2.28. The minimum atomic E-state index is -5.24. The van der Waals surface area contributed by atoms with Gasteiger partial charge < -0.3 is 24.7 Å². The van der Waals surface area contributed by atoms with E-state index in [1.807, 2.05) is 0 Å². The molecule has 0 aliphatic rings. The first-order valence-electron chi connectivity index (χ1n) is 4.38. The molecule has 0 saturated heterocycles. The van der Waals surface area contributed by atoms with Crippen molar-refractivity contribution in [3.8, 4) is 11.6 Å².